The minimum absolute atomic E-state index is 0.292. The Morgan fingerprint density at radius 3 is 3.00 bits per heavy atom. The van der Waals surface area contributed by atoms with Gasteiger partial charge in [-0.05, 0) is 28.4 Å². The van der Waals surface area contributed by atoms with Gasteiger partial charge >= 0.3 is 5.97 Å². The van der Waals surface area contributed by atoms with Crippen molar-refractivity contribution in [3.8, 4) is 6.07 Å². The van der Waals surface area contributed by atoms with Gasteiger partial charge in [-0.2, -0.15) is 5.26 Å². The van der Waals surface area contributed by atoms with Crippen molar-refractivity contribution in [2.24, 2.45) is 0 Å². The zero-order valence-corrected chi connectivity index (χ0v) is 10.2. The van der Waals surface area contributed by atoms with E-state index in [0.29, 0.717) is 22.3 Å². The Kier molecular flexibility index (Phi) is 4.26. The summed E-state index contributed by atoms with van der Waals surface area (Å²) in [5.74, 6) is -0.670. The van der Waals surface area contributed by atoms with Crippen molar-refractivity contribution in [1.82, 2.24) is 4.98 Å². The van der Waals surface area contributed by atoms with Crippen LogP contribution in [0.2, 0.25) is 0 Å². The van der Waals surface area contributed by atoms with Gasteiger partial charge in [-0.25, -0.2) is 9.78 Å². The molecule has 2 N–H and O–H groups in total. The fraction of sp³-hybridized carbons (Fsp3) is 0.300. The number of halogens is 1. The highest BCUT2D eigenvalue weighted by atomic mass is 79.9. The predicted octanol–water partition coefficient (Wildman–Crippen LogP) is 1.99. The highest BCUT2D eigenvalue weighted by Crippen LogP contribution is 2.18. The zero-order valence-electron chi connectivity index (χ0n) is 8.57. The van der Waals surface area contributed by atoms with Crippen molar-refractivity contribution in [3.05, 3.63) is 22.3 Å². The van der Waals surface area contributed by atoms with Gasteiger partial charge in [0.05, 0.1) is 5.56 Å². The average molecular weight is 284 g/mol. The standard InChI is InChI=1S/C10H10BrN3O2/c1-2-8(10(15)16)14-9-6(4-12)3-7(11)5-13-9/h3,5,8H,2H2,1H3,(H,13,14)(H,15,16). The average Bonchev–Trinajstić information content (AvgIpc) is 2.26. The molecule has 0 radical (unpaired) electrons. The summed E-state index contributed by atoms with van der Waals surface area (Å²) in [4.78, 5) is 14.8. The molecule has 0 spiro atoms. The number of nitrogens with zero attached hydrogens (tertiary/aromatic N) is 2. The van der Waals surface area contributed by atoms with Gasteiger partial charge in [-0.3, -0.25) is 0 Å². The fourth-order valence-electron chi connectivity index (χ4n) is 1.14. The molecule has 1 atom stereocenters. The first kappa shape index (κ1) is 12.5. The Morgan fingerprint density at radius 1 is 1.81 bits per heavy atom. The van der Waals surface area contributed by atoms with Gasteiger partial charge in [0, 0.05) is 10.7 Å². The van der Waals surface area contributed by atoms with Gasteiger partial charge < -0.3 is 10.4 Å². The van der Waals surface area contributed by atoms with Crippen LogP contribution in [-0.4, -0.2) is 22.1 Å². The molecule has 6 heteroatoms. The molecule has 0 aliphatic heterocycles. The fourth-order valence-corrected chi connectivity index (χ4v) is 1.47. The molecule has 1 rings (SSSR count). The lowest BCUT2D eigenvalue weighted by Gasteiger charge is -2.13. The van der Waals surface area contributed by atoms with Gasteiger partial charge in [0.25, 0.3) is 0 Å². The number of anilines is 1. The molecule has 0 fully saturated rings. The number of carboxylic acid groups (broad SMARTS) is 1. The number of hydrogen-bond donors (Lipinski definition) is 2. The molecule has 1 heterocycles. The maximum Gasteiger partial charge on any atom is 0.326 e. The molecule has 16 heavy (non-hydrogen) atoms. The normalized spacial score (nSPS) is 11.6. The Balaban J connectivity index is 2.97. The molecule has 0 saturated heterocycles. The lowest BCUT2D eigenvalue weighted by molar-refractivity contribution is -0.137. The first-order valence-electron chi connectivity index (χ1n) is 4.63. The second-order valence-corrected chi connectivity index (χ2v) is 4.02. The van der Waals surface area contributed by atoms with E-state index in [-0.39, 0.29) is 0 Å². The van der Waals surface area contributed by atoms with Crippen molar-refractivity contribution in [2.75, 3.05) is 5.32 Å². The molecule has 5 nitrogen and oxygen atoms in total. The predicted molar refractivity (Wildman–Crippen MR) is 62.0 cm³/mol. The van der Waals surface area contributed by atoms with Crippen LogP contribution in [0.5, 0.6) is 0 Å². The Labute approximate surface area is 101 Å². The van der Waals surface area contributed by atoms with E-state index in [1.807, 2.05) is 6.07 Å². The van der Waals surface area contributed by atoms with Crippen LogP contribution in [0.1, 0.15) is 18.9 Å². The summed E-state index contributed by atoms with van der Waals surface area (Å²) < 4.78 is 0.679. The number of nitriles is 1. The number of hydrogen-bond acceptors (Lipinski definition) is 4. The number of aliphatic carboxylic acids is 1. The van der Waals surface area contributed by atoms with Crippen LogP contribution in [-0.2, 0) is 4.79 Å². The summed E-state index contributed by atoms with van der Waals surface area (Å²) in [5.41, 5.74) is 0.314. The van der Waals surface area contributed by atoms with E-state index >= 15 is 0 Å². The van der Waals surface area contributed by atoms with Gasteiger partial charge in [0.2, 0.25) is 0 Å². The summed E-state index contributed by atoms with van der Waals surface area (Å²) in [6, 6.07) is 2.81. The third-order valence-corrected chi connectivity index (χ3v) is 2.43. The third kappa shape index (κ3) is 2.94. The number of nitrogens with one attached hydrogen (secondary N) is 1. The summed E-state index contributed by atoms with van der Waals surface area (Å²) in [5, 5.41) is 20.5. The Morgan fingerprint density at radius 2 is 2.50 bits per heavy atom. The van der Waals surface area contributed by atoms with E-state index in [1.165, 1.54) is 6.20 Å². The number of pyridine rings is 1. The molecule has 0 amide bonds. The summed E-state index contributed by atoms with van der Waals surface area (Å²) in [6.07, 6.45) is 1.93. The maximum absolute atomic E-state index is 10.8. The number of rotatable bonds is 4. The minimum atomic E-state index is -0.962. The van der Waals surface area contributed by atoms with E-state index in [1.54, 1.807) is 13.0 Å². The minimum Gasteiger partial charge on any atom is -0.480 e. The van der Waals surface area contributed by atoms with Crippen LogP contribution < -0.4 is 5.32 Å². The highest BCUT2D eigenvalue weighted by molar-refractivity contribution is 9.10. The van der Waals surface area contributed by atoms with Crippen LogP contribution in [0.25, 0.3) is 0 Å². The molecular formula is C10H10BrN3O2. The van der Waals surface area contributed by atoms with Gasteiger partial charge in [0.1, 0.15) is 17.9 Å². The molecule has 84 valence electrons. The molecule has 0 aliphatic rings. The van der Waals surface area contributed by atoms with Crippen molar-refractivity contribution in [1.29, 1.82) is 5.26 Å². The van der Waals surface area contributed by atoms with Crippen molar-refractivity contribution in [3.63, 3.8) is 0 Å². The molecule has 1 aromatic rings. The molecule has 0 bridgehead atoms. The number of carbonyl (C=O) groups is 1. The van der Waals surface area contributed by atoms with E-state index in [4.69, 9.17) is 10.4 Å². The van der Waals surface area contributed by atoms with Crippen molar-refractivity contribution in [2.45, 2.75) is 19.4 Å². The first-order chi connectivity index (χ1) is 7.58. The van der Waals surface area contributed by atoms with E-state index in [9.17, 15) is 4.79 Å². The molecule has 0 saturated carbocycles. The van der Waals surface area contributed by atoms with Crippen LogP contribution in [0.3, 0.4) is 0 Å². The summed E-state index contributed by atoms with van der Waals surface area (Å²) in [7, 11) is 0. The van der Waals surface area contributed by atoms with Crippen LogP contribution in [0.4, 0.5) is 5.82 Å². The molecule has 0 aliphatic carbocycles. The second-order valence-electron chi connectivity index (χ2n) is 3.10. The summed E-state index contributed by atoms with van der Waals surface area (Å²) in [6.45, 7) is 1.75. The Bertz CT molecular complexity index is 442. The van der Waals surface area contributed by atoms with E-state index in [0.717, 1.165) is 0 Å². The maximum atomic E-state index is 10.8. The molecule has 0 aromatic carbocycles. The summed E-state index contributed by atoms with van der Waals surface area (Å²) >= 11 is 3.19. The molecule has 1 unspecified atom stereocenters. The molecule has 1 aromatic heterocycles. The van der Waals surface area contributed by atoms with Crippen molar-refractivity contribution < 1.29 is 9.90 Å². The number of aromatic nitrogens is 1. The van der Waals surface area contributed by atoms with E-state index < -0.39 is 12.0 Å². The highest BCUT2D eigenvalue weighted by Gasteiger charge is 2.16. The largest absolute Gasteiger partial charge is 0.480 e. The van der Waals surface area contributed by atoms with Crippen molar-refractivity contribution >= 4 is 27.7 Å². The van der Waals surface area contributed by atoms with Gasteiger partial charge in [0.15, 0.2) is 0 Å². The van der Waals surface area contributed by atoms with Crippen LogP contribution in [0.15, 0.2) is 16.7 Å². The quantitative estimate of drug-likeness (QED) is 0.883. The topological polar surface area (TPSA) is 86.0 Å². The number of carboxylic acids is 1. The smallest absolute Gasteiger partial charge is 0.326 e. The third-order valence-electron chi connectivity index (χ3n) is 1.99. The Hall–Kier alpha value is -1.61. The SMILES string of the molecule is CCC(Nc1ncc(Br)cc1C#N)C(=O)O. The van der Waals surface area contributed by atoms with Crippen LogP contribution in [0, 0.1) is 11.3 Å². The first-order valence-corrected chi connectivity index (χ1v) is 5.42. The van der Waals surface area contributed by atoms with Gasteiger partial charge in [-0.15, -0.1) is 0 Å². The lowest BCUT2D eigenvalue weighted by Crippen LogP contribution is -2.29. The van der Waals surface area contributed by atoms with Crippen LogP contribution >= 0.6 is 15.9 Å². The zero-order chi connectivity index (χ0) is 12.1. The molecular weight excluding hydrogens is 274 g/mol. The second kappa shape index (κ2) is 5.47. The van der Waals surface area contributed by atoms with Gasteiger partial charge in [-0.1, -0.05) is 6.92 Å². The van der Waals surface area contributed by atoms with E-state index in [2.05, 4.69) is 26.2 Å². The monoisotopic (exact) mass is 283 g/mol. The lowest BCUT2D eigenvalue weighted by atomic mass is 10.2.